The summed E-state index contributed by atoms with van der Waals surface area (Å²) in [5.41, 5.74) is 2.17. The van der Waals surface area contributed by atoms with Crippen molar-refractivity contribution in [2.75, 3.05) is 25.9 Å². The predicted octanol–water partition coefficient (Wildman–Crippen LogP) is 3.88. The second-order valence-corrected chi connectivity index (χ2v) is 9.93. The van der Waals surface area contributed by atoms with E-state index in [1.807, 2.05) is 55.5 Å². The van der Waals surface area contributed by atoms with E-state index in [0.717, 1.165) is 35.5 Å². The smallest absolute Gasteiger partial charge is 0.213 e. The van der Waals surface area contributed by atoms with E-state index in [1.54, 1.807) is 18.3 Å². The molecule has 0 amide bonds. The monoisotopic (exact) mass is 572 g/mol. The minimum atomic E-state index is -3.11. The summed E-state index contributed by atoms with van der Waals surface area (Å²) in [6, 6.07) is 16.1. The van der Waals surface area contributed by atoms with Crippen LogP contribution < -0.4 is 15.4 Å². The van der Waals surface area contributed by atoms with Crippen LogP contribution in [0.25, 0.3) is 0 Å². The standard InChI is InChI=1S/C23H32N4O3S.HI/c1-4-31(28,29)27-14-12-20(13-15-27)26-23(24-3)25-17-19-9-5-6-11-22(19)30-21-10-7-8-18(2)16-21;/h5-11,16,20H,4,12-15,17H2,1-3H3,(H2,24,25,26);1H. The summed E-state index contributed by atoms with van der Waals surface area (Å²) in [4.78, 5) is 4.33. The quantitative estimate of drug-likeness (QED) is 0.299. The Hall–Kier alpha value is -1.85. The third-order valence-electron chi connectivity index (χ3n) is 5.41. The van der Waals surface area contributed by atoms with E-state index in [0.29, 0.717) is 25.6 Å². The van der Waals surface area contributed by atoms with Gasteiger partial charge in [-0.3, -0.25) is 4.99 Å². The molecule has 1 fully saturated rings. The number of halogens is 1. The van der Waals surface area contributed by atoms with E-state index in [9.17, 15) is 8.42 Å². The Kier molecular flexibility index (Phi) is 10.2. The van der Waals surface area contributed by atoms with Crippen molar-refractivity contribution in [2.45, 2.75) is 39.3 Å². The summed E-state index contributed by atoms with van der Waals surface area (Å²) in [6.07, 6.45) is 1.51. The number of aliphatic imine (C=N–C) groups is 1. The Morgan fingerprint density at radius 2 is 1.88 bits per heavy atom. The van der Waals surface area contributed by atoms with Crippen LogP contribution in [-0.4, -0.2) is 50.6 Å². The topological polar surface area (TPSA) is 83.0 Å². The van der Waals surface area contributed by atoms with Gasteiger partial charge in [0, 0.05) is 38.3 Å². The lowest BCUT2D eigenvalue weighted by atomic mass is 10.1. The van der Waals surface area contributed by atoms with Crippen molar-refractivity contribution < 1.29 is 13.2 Å². The summed E-state index contributed by atoms with van der Waals surface area (Å²) in [5.74, 6) is 2.46. The average Bonchev–Trinajstić information content (AvgIpc) is 2.78. The summed E-state index contributed by atoms with van der Waals surface area (Å²) < 4.78 is 31.8. The molecule has 2 aromatic carbocycles. The van der Waals surface area contributed by atoms with Crippen LogP contribution in [0.5, 0.6) is 11.5 Å². The van der Waals surface area contributed by atoms with Crippen LogP contribution in [0.4, 0.5) is 0 Å². The van der Waals surface area contributed by atoms with E-state index in [2.05, 4.69) is 15.6 Å². The molecule has 0 saturated carbocycles. The van der Waals surface area contributed by atoms with Crippen LogP contribution in [0.1, 0.15) is 30.9 Å². The highest BCUT2D eigenvalue weighted by Crippen LogP contribution is 2.25. The summed E-state index contributed by atoms with van der Waals surface area (Å²) in [7, 11) is -1.38. The molecular formula is C23H33IN4O3S. The fraction of sp³-hybridized carbons (Fsp3) is 0.435. The Morgan fingerprint density at radius 1 is 1.16 bits per heavy atom. The molecule has 2 N–H and O–H groups in total. The number of nitrogens with one attached hydrogen (secondary N) is 2. The fourth-order valence-electron chi connectivity index (χ4n) is 3.58. The molecule has 0 bridgehead atoms. The first-order valence-corrected chi connectivity index (χ1v) is 12.3. The maximum atomic E-state index is 12.0. The Balaban J connectivity index is 0.00000363. The van der Waals surface area contributed by atoms with E-state index in [4.69, 9.17) is 4.74 Å². The molecule has 0 aliphatic carbocycles. The second kappa shape index (κ2) is 12.4. The molecule has 7 nitrogen and oxygen atoms in total. The first-order valence-electron chi connectivity index (χ1n) is 10.7. The van der Waals surface area contributed by atoms with Crippen molar-refractivity contribution in [2.24, 2.45) is 4.99 Å². The lowest BCUT2D eigenvalue weighted by Gasteiger charge is -2.32. The van der Waals surface area contributed by atoms with Crippen LogP contribution in [0.2, 0.25) is 0 Å². The maximum Gasteiger partial charge on any atom is 0.213 e. The number of rotatable bonds is 7. The first kappa shape index (κ1) is 26.4. The molecule has 1 heterocycles. The molecule has 176 valence electrons. The second-order valence-electron chi connectivity index (χ2n) is 7.67. The largest absolute Gasteiger partial charge is 0.457 e. The predicted molar refractivity (Wildman–Crippen MR) is 141 cm³/mol. The van der Waals surface area contributed by atoms with E-state index in [-0.39, 0.29) is 35.8 Å². The Morgan fingerprint density at radius 3 is 2.53 bits per heavy atom. The van der Waals surface area contributed by atoms with Crippen LogP contribution in [0, 0.1) is 6.92 Å². The number of guanidine groups is 1. The third-order valence-corrected chi connectivity index (χ3v) is 7.29. The van der Waals surface area contributed by atoms with Gasteiger partial charge in [0.25, 0.3) is 0 Å². The number of piperidine rings is 1. The lowest BCUT2D eigenvalue weighted by Crippen LogP contribution is -2.49. The zero-order valence-corrected chi connectivity index (χ0v) is 22.0. The van der Waals surface area contributed by atoms with Gasteiger partial charge in [-0.15, -0.1) is 24.0 Å². The summed E-state index contributed by atoms with van der Waals surface area (Å²) >= 11 is 0. The van der Waals surface area contributed by atoms with Crippen LogP contribution in [-0.2, 0) is 16.6 Å². The molecule has 1 aliphatic heterocycles. The van der Waals surface area contributed by atoms with Crippen molar-refractivity contribution in [3.8, 4) is 11.5 Å². The zero-order chi connectivity index (χ0) is 22.3. The van der Waals surface area contributed by atoms with Gasteiger partial charge in [0.2, 0.25) is 10.0 Å². The van der Waals surface area contributed by atoms with E-state index in [1.165, 1.54) is 0 Å². The van der Waals surface area contributed by atoms with Gasteiger partial charge in [-0.05, 0) is 50.5 Å². The van der Waals surface area contributed by atoms with Crippen molar-refractivity contribution in [3.05, 3.63) is 59.7 Å². The molecule has 0 aromatic heterocycles. The fourth-order valence-corrected chi connectivity index (χ4v) is 4.72. The molecular weight excluding hydrogens is 539 g/mol. The Labute approximate surface area is 208 Å². The van der Waals surface area contributed by atoms with Crippen molar-refractivity contribution in [1.82, 2.24) is 14.9 Å². The molecule has 0 unspecified atom stereocenters. The number of hydrogen-bond donors (Lipinski definition) is 2. The summed E-state index contributed by atoms with van der Waals surface area (Å²) in [6.45, 7) is 5.37. The van der Waals surface area contributed by atoms with Gasteiger partial charge in [-0.25, -0.2) is 12.7 Å². The molecule has 2 aromatic rings. The van der Waals surface area contributed by atoms with Gasteiger partial charge in [0.05, 0.1) is 5.75 Å². The number of ether oxygens (including phenoxy) is 1. The highest BCUT2D eigenvalue weighted by Gasteiger charge is 2.27. The molecule has 9 heteroatoms. The van der Waals surface area contributed by atoms with Crippen molar-refractivity contribution in [1.29, 1.82) is 0 Å². The van der Waals surface area contributed by atoms with Gasteiger partial charge in [0.1, 0.15) is 11.5 Å². The van der Waals surface area contributed by atoms with Crippen molar-refractivity contribution in [3.63, 3.8) is 0 Å². The highest BCUT2D eigenvalue weighted by molar-refractivity contribution is 14.0. The number of para-hydroxylation sites is 1. The van der Waals surface area contributed by atoms with Gasteiger partial charge in [0.15, 0.2) is 5.96 Å². The van der Waals surface area contributed by atoms with Gasteiger partial charge < -0.3 is 15.4 Å². The molecule has 0 radical (unpaired) electrons. The zero-order valence-electron chi connectivity index (χ0n) is 18.9. The first-order chi connectivity index (χ1) is 14.9. The van der Waals surface area contributed by atoms with Gasteiger partial charge in [-0.2, -0.15) is 0 Å². The molecule has 32 heavy (non-hydrogen) atoms. The number of benzene rings is 2. The number of aryl methyl sites for hydroxylation is 1. The van der Waals surface area contributed by atoms with Crippen LogP contribution in [0.3, 0.4) is 0 Å². The third kappa shape index (κ3) is 7.35. The number of sulfonamides is 1. The molecule has 0 spiro atoms. The van der Waals surface area contributed by atoms with Crippen LogP contribution in [0.15, 0.2) is 53.5 Å². The molecule has 1 aliphatic rings. The lowest BCUT2D eigenvalue weighted by molar-refractivity contribution is 0.306. The van der Waals surface area contributed by atoms with Gasteiger partial charge >= 0.3 is 0 Å². The average molecular weight is 573 g/mol. The van der Waals surface area contributed by atoms with Crippen LogP contribution >= 0.6 is 24.0 Å². The normalized spacial score (nSPS) is 15.7. The highest BCUT2D eigenvalue weighted by atomic mass is 127. The molecule has 1 saturated heterocycles. The van der Waals surface area contributed by atoms with E-state index < -0.39 is 10.0 Å². The molecule has 0 atom stereocenters. The SMILES string of the molecule is CCS(=O)(=O)N1CCC(NC(=NC)NCc2ccccc2Oc2cccc(C)c2)CC1.I. The number of hydrogen-bond acceptors (Lipinski definition) is 4. The molecule has 3 rings (SSSR count). The maximum absolute atomic E-state index is 12.0. The summed E-state index contributed by atoms with van der Waals surface area (Å²) in [5, 5.41) is 6.77. The van der Waals surface area contributed by atoms with Gasteiger partial charge in [-0.1, -0.05) is 30.3 Å². The Bertz CT molecular complexity index is 1010. The van der Waals surface area contributed by atoms with Crippen molar-refractivity contribution >= 4 is 40.0 Å². The minimum Gasteiger partial charge on any atom is -0.457 e. The minimum absolute atomic E-state index is 0. The van der Waals surface area contributed by atoms with E-state index >= 15 is 0 Å². The number of nitrogens with zero attached hydrogens (tertiary/aromatic N) is 2.